The summed E-state index contributed by atoms with van der Waals surface area (Å²) in [7, 11) is 0. The number of hydrogen-bond donors (Lipinski definition) is 0. The number of hydrogen-bond acceptors (Lipinski definition) is 5. The highest BCUT2D eigenvalue weighted by molar-refractivity contribution is 5.92. The van der Waals surface area contributed by atoms with Crippen molar-refractivity contribution in [1.29, 1.82) is 0 Å². The number of para-hydroxylation sites is 1. The standard InChI is InChI=1S/C23H28N4O3/c1-15(2)27(16(3)4)22(28)17(5)30-23(29)19-12-10-18(11-13-19)14-26-21-9-7-6-8-20(21)24-25-26/h6-13,15-17H,14H2,1-5H3/t17-/m0/s1. The molecule has 0 radical (unpaired) electrons. The SMILES string of the molecule is CC(C)N(C(=O)[C@H](C)OC(=O)c1ccc(Cn2nnc3ccccc32)cc1)C(C)C. The van der Waals surface area contributed by atoms with Crippen LogP contribution in [0.5, 0.6) is 0 Å². The summed E-state index contributed by atoms with van der Waals surface area (Å²) in [6.07, 6.45) is -0.844. The number of amides is 1. The Kier molecular flexibility index (Phi) is 6.50. The molecule has 1 aromatic heterocycles. The van der Waals surface area contributed by atoms with Crippen LogP contribution in [0, 0.1) is 0 Å². The Hall–Kier alpha value is -3.22. The maximum atomic E-state index is 12.7. The first-order chi connectivity index (χ1) is 14.3. The normalized spacial score (nSPS) is 12.4. The van der Waals surface area contributed by atoms with Crippen LogP contribution in [0.2, 0.25) is 0 Å². The lowest BCUT2D eigenvalue weighted by atomic mass is 10.1. The van der Waals surface area contributed by atoms with Gasteiger partial charge in [-0.3, -0.25) is 4.79 Å². The Balaban J connectivity index is 1.65. The minimum Gasteiger partial charge on any atom is -0.449 e. The molecule has 0 saturated carbocycles. The van der Waals surface area contributed by atoms with E-state index in [4.69, 9.17) is 4.74 Å². The van der Waals surface area contributed by atoms with Gasteiger partial charge in [-0.25, -0.2) is 9.48 Å². The summed E-state index contributed by atoms with van der Waals surface area (Å²) < 4.78 is 7.24. The van der Waals surface area contributed by atoms with E-state index in [1.54, 1.807) is 24.0 Å². The van der Waals surface area contributed by atoms with E-state index in [9.17, 15) is 9.59 Å². The Morgan fingerprint density at radius 2 is 1.60 bits per heavy atom. The van der Waals surface area contributed by atoms with Crippen molar-refractivity contribution in [2.45, 2.75) is 59.4 Å². The zero-order chi connectivity index (χ0) is 21.8. The van der Waals surface area contributed by atoms with Gasteiger partial charge in [-0.1, -0.05) is 29.5 Å². The second-order valence-electron chi connectivity index (χ2n) is 7.91. The van der Waals surface area contributed by atoms with Crippen molar-refractivity contribution in [3.05, 3.63) is 59.7 Å². The molecule has 7 nitrogen and oxygen atoms in total. The third kappa shape index (κ3) is 4.67. The van der Waals surface area contributed by atoms with Crippen LogP contribution < -0.4 is 0 Å². The van der Waals surface area contributed by atoms with Crippen LogP contribution in [0.3, 0.4) is 0 Å². The summed E-state index contributed by atoms with van der Waals surface area (Å²) in [5, 5.41) is 8.34. The van der Waals surface area contributed by atoms with Gasteiger partial charge in [0.1, 0.15) is 5.52 Å². The maximum Gasteiger partial charge on any atom is 0.338 e. The Morgan fingerprint density at radius 1 is 0.967 bits per heavy atom. The van der Waals surface area contributed by atoms with Crippen molar-refractivity contribution >= 4 is 22.9 Å². The first-order valence-electron chi connectivity index (χ1n) is 10.2. The number of carbonyl (C=O) groups excluding carboxylic acids is 2. The number of rotatable bonds is 7. The molecule has 0 spiro atoms. The lowest BCUT2D eigenvalue weighted by molar-refractivity contribution is -0.143. The number of esters is 1. The molecule has 0 saturated heterocycles. The summed E-state index contributed by atoms with van der Waals surface area (Å²) in [5.41, 5.74) is 3.18. The molecule has 0 unspecified atom stereocenters. The van der Waals surface area contributed by atoms with Crippen LogP contribution in [0.4, 0.5) is 0 Å². The molecule has 3 rings (SSSR count). The number of nitrogens with zero attached hydrogens (tertiary/aromatic N) is 4. The van der Waals surface area contributed by atoms with Gasteiger partial charge in [-0.05, 0) is 64.4 Å². The summed E-state index contributed by atoms with van der Waals surface area (Å²) >= 11 is 0. The molecule has 0 aliphatic rings. The van der Waals surface area contributed by atoms with E-state index >= 15 is 0 Å². The summed E-state index contributed by atoms with van der Waals surface area (Å²) in [6, 6.07) is 14.9. The van der Waals surface area contributed by atoms with E-state index in [0.29, 0.717) is 12.1 Å². The highest BCUT2D eigenvalue weighted by atomic mass is 16.5. The molecule has 1 atom stereocenters. The molecule has 0 bridgehead atoms. The van der Waals surface area contributed by atoms with Gasteiger partial charge in [0.15, 0.2) is 6.10 Å². The first kappa shape index (κ1) is 21.5. The lowest BCUT2D eigenvalue weighted by Crippen LogP contribution is -2.47. The minimum absolute atomic E-state index is 0.0332. The molecular weight excluding hydrogens is 380 g/mol. The first-order valence-corrected chi connectivity index (χ1v) is 10.2. The van der Waals surface area contributed by atoms with Crippen LogP contribution in [0.25, 0.3) is 11.0 Å². The van der Waals surface area contributed by atoms with Gasteiger partial charge in [-0.15, -0.1) is 5.10 Å². The Labute approximate surface area is 176 Å². The molecule has 1 amide bonds. The predicted molar refractivity (Wildman–Crippen MR) is 115 cm³/mol. The fourth-order valence-corrected chi connectivity index (χ4v) is 3.55. The molecule has 3 aromatic rings. The fraction of sp³-hybridized carbons (Fsp3) is 0.391. The van der Waals surface area contributed by atoms with E-state index < -0.39 is 12.1 Å². The molecule has 158 valence electrons. The summed E-state index contributed by atoms with van der Waals surface area (Å²) in [5.74, 6) is -0.705. The molecule has 0 aliphatic heterocycles. The zero-order valence-corrected chi connectivity index (χ0v) is 18.1. The molecule has 7 heteroatoms. The van der Waals surface area contributed by atoms with Crippen LogP contribution in [-0.2, 0) is 16.1 Å². The molecule has 1 heterocycles. The van der Waals surface area contributed by atoms with Gasteiger partial charge in [0.2, 0.25) is 0 Å². The number of fused-ring (bicyclic) bond motifs is 1. The van der Waals surface area contributed by atoms with Crippen molar-refractivity contribution in [1.82, 2.24) is 19.9 Å². The largest absolute Gasteiger partial charge is 0.449 e. The highest BCUT2D eigenvalue weighted by Crippen LogP contribution is 2.15. The molecule has 0 fully saturated rings. The maximum absolute atomic E-state index is 12.7. The third-order valence-corrected chi connectivity index (χ3v) is 4.94. The highest BCUT2D eigenvalue weighted by Gasteiger charge is 2.27. The average molecular weight is 409 g/mol. The van der Waals surface area contributed by atoms with Gasteiger partial charge in [0.25, 0.3) is 5.91 Å². The number of carbonyl (C=O) groups is 2. The van der Waals surface area contributed by atoms with Crippen LogP contribution >= 0.6 is 0 Å². The number of aromatic nitrogens is 3. The van der Waals surface area contributed by atoms with E-state index in [0.717, 1.165) is 16.6 Å². The summed E-state index contributed by atoms with van der Waals surface area (Å²) in [4.78, 5) is 26.9. The Morgan fingerprint density at radius 3 is 2.23 bits per heavy atom. The molecule has 0 aliphatic carbocycles. The second-order valence-corrected chi connectivity index (χ2v) is 7.91. The monoisotopic (exact) mass is 408 g/mol. The van der Waals surface area contributed by atoms with E-state index in [1.165, 1.54) is 0 Å². The third-order valence-electron chi connectivity index (χ3n) is 4.94. The van der Waals surface area contributed by atoms with Gasteiger partial charge in [0.05, 0.1) is 17.6 Å². The van der Waals surface area contributed by atoms with Gasteiger partial charge >= 0.3 is 5.97 Å². The van der Waals surface area contributed by atoms with Crippen LogP contribution in [0.15, 0.2) is 48.5 Å². The van der Waals surface area contributed by atoms with Crippen LogP contribution in [-0.4, -0.2) is 50.0 Å². The molecule has 0 N–H and O–H groups in total. The van der Waals surface area contributed by atoms with Crippen molar-refractivity contribution in [2.75, 3.05) is 0 Å². The Bertz CT molecular complexity index is 1020. The second kappa shape index (κ2) is 9.07. The van der Waals surface area contributed by atoms with Crippen molar-refractivity contribution < 1.29 is 14.3 Å². The number of ether oxygens (including phenoxy) is 1. The van der Waals surface area contributed by atoms with Crippen LogP contribution in [0.1, 0.15) is 50.5 Å². The van der Waals surface area contributed by atoms with E-state index in [2.05, 4.69) is 10.3 Å². The average Bonchev–Trinajstić information content (AvgIpc) is 3.11. The number of benzene rings is 2. The molecule has 30 heavy (non-hydrogen) atoms. The smallest absolute Gasteiger partial charge is 0.338 e. The topological polar surface area (TPSA) is 77.3 Å². The van der Waals surface area contributed by atoms with Crippen molar-refractivity contribution in [3.63, 3.8) is 0 Å². The predicted octanol–water partition coefficient (Wildman–Crippen LogP) is 3.67. The minimum atomic E-state index is -0.844. The fourth-order valence-electron chi connectivity index (χ4n) is 3.55. The molecule has 2 aromatic carbocycles. The van der Waals surface area contributed by atoms with Gasteiger partial charge < -0.3 is 9.64 Å². The van der Waals surface area contributed by atoms with Gasteiger partial charge in [-0.2, -0.15) is 0 Å². The zero-order valence-electron chi connectivity index (χ0n) is 18.1. The quantitative estimate of drug-likeness (QED) is 0.558. The van der Waals surface area contributed by atoms with Crippen molar-refractivity contribution in [2.24, 2.45) is 0 Å². The van der Waals surface area contributed by atoms with E-state index in [-0.39, 0.29) is 18.0 Å². The van der Waals surface area contributed by atoms with Crippen molar-refractivity contribution in [3.8, 4) is 0 Å². The lowest BCUT2D eigenvalue weighted by Gasteiger charge is -2.32. The molecular formula is C23H28N4O3. The van der Waals surface area contributed by atoms with E-state index in [1.807, 2.05) is 68.8 Å². The van der Waals surface area contributed by atoms with Gasteiger partial charge in [0, 0.05) is 12.1 Å². The summed E-state index contributed by atoms with van der Waals surface area (Å²) in [6.45, 7) is 9.95.